The maximum Gasteiger partial charge on any atom is 0.271 e. The van der Waals surface area contributed by atoms with Crippen LogP contribution in [0.25, 0.3) is 0 Å². The van der Waals surface area contributed by atoms with Gasteiger partial charge in [0, 0.05) is 24.1 Å². The van der Waals surface area contributed by atoms with E-state index in [1.54, 1.807) is 24.3 Å². The molecule has 11 heteroatoms. The van der Waals surface area contributed by atoms with Gasteiger partial charge in [-0.1, -0.05) is 17.4 Å². The molecule has 2 aliphatic rings. The number of hydrogen-bond donors (Lipinski definition) is 2. The van der Waals surface area contributed by atoms with Gasteiger partial charge in [-0.05, 0) is 30.7 Å². The van der Waals surface area contributed by atoms with Crippen molar-refractivity contribution in [3.05, 3.63) is 41.5 Å². The number of rotatable bonds is 5. The fourth-order valence-corrected chi connectivity index (χ4v) is 5.63. The number of amides is 3. The molecule has 1 fully saturated rings. The van der Waals surface area contributed by atoms with Crippen molar-refractivity contribution in [2.75, 3.05) is 11.8 Å². The van der Waals surface area contributed by atoms with Gasteiger partial charge < -0.3 is 9.64 Å². The number of nitrogens with one attached hydrogen (secondary N) is 2. The minimum Gasteiger partial charge on any atom is -0.487 e. The van der Waals surface area contributed by atoms with Crippen molar-refractivity contribution in [2.24, 2.45) is 0 Å². The highest BCUT2D eigenvalue weighted by molar-refractivity contribution is 7.94. The lowest BCUT2D eigenvalue weighted by Gasteiger charge is -2.29. The Hall–Kier alpha value is -2.92. The van der Waals surface area contributed by atoms with Crippen LogP contribution in [0.2, 0.25) is 0 Å². The molecule has 0 aliphatic carbocycles. The molecule has 0 saturated carbocycles. The van der Waals surface area contributed by atoms with Gasteiger partial charge in [0.15, 0.2) is 5.06 Å². The van der Waals surface area contributed by atoms with E-state index in [0.29, 0.717) is 16.2 Å². The topological polar surface area (TPSA) is 122 Å². The second kappa shape index (κ2) is 7.16. The Labute approximate surface area is 170 Å². The Bertz CT molecular complexity index is 1120. The van der Waals surface area contributed by atoms with Crippen molar-refractivity contribution in [1.82, 2.24) is 10.2 Å². The summed E-state index contributed by atoms with van der Waals surface area (Å²) in [4.78, 5) is 37.7. The average Bonchev–Trinajstić information content (AvgIpc) is 3.28. The summed E-state index contributed by atoms with van der Waals surface area (Å²) in [6.07, 6.45) is 0.386. The molecule has 0 bridgehead atoms. The Morgan fingerprint density at radius 2 is 2.00 bits per heavy atom. The summed E-state index contributed by atoms with van der Waals surface area (Å²) in [6.45, 7) is 0.0763. The number of benzene rings is 1. The summed E-state index contributed by atoms with van der Waals surface area (Å²) in [5.41, 5.74) is 1.10. The zero-order chi connectivity index (χ0) is 20.8. The fraction of sp³-hybridized carbons (Fsp3) is 0.278. The van der Waals surface area contributed by atoms with Crippen molar-refractivity contribution >= 4 is 44.8 Å². The quantitative estimate of drug-likeness (QED) is 0.683. The molecule has 2 aromatic rings. The standard InChI is InChI=1S/C18H17N3O6S2/c1-27-15-7-8-16(28-15)29(25,26)20-12-4-2-3-10-11(12)9-21(18(10)24)13-5-6-14(22)19-17(13)23/h2-4,7-8,13,20H,5-6,9H2,1H3,(H,19,22,23). The summed E-state index contributed by atoms with van der Waals surface area (Å²) in [6, 6.07) is 6.98. The third kappa shape index (κ3) is 3.47. The van der Waals surface area contributed by atoms with E-state index in [1.807, 2.05) is 0 Å². The van der Waals surface area contributed by atoms with Crippen LogP contribution in [0.5, 0.6) is 5.06 Å². The molecule has 29 heavy (non-hydrogen) atoms. The van der Waals surface area contributed by atoms with Crippen molar-refractivity contribution < 1.29 is 27.5 Å². The van der Waals surface area contributed by atoms with Gasteiger partial charge >= 0.3 is 0 Å². The predicted octanol–water partition coefficient (Wildman–Crippen LogP) is 1.32. The van der Waals surface area contributed by atoms with E-state index in [0.717, 1.165) is 11.3 Å². The van der Waals surface area contributed by atoms with E-state index < -0.39 is 22.0 Å². The number of sulfonamides is 1. The van der Waals surface area contributed by atoms with Crippen LogP contribution in [-0.2, 0) is 26.2 Å². The largest absolute Gasteiger partial charge is 0.487 e. The summed E-state index contributed by atoms with van der Waals surface area (Å²) in [5.74, 6) is -1.25. The molecule has 3 amide bonds. The second-order valence-electron chi connectivity index (χ2n) is 6.61. The molecule has 1 aromatic heterocycles. The molecule has 2 aliphatic heterocycles. The summed E-state index contributed by atoms with van der Waals surface area (Å²) in [5, 5.41) is 2.70. The first kappa shape index (κ1) is 19.4. The number of fused-ring (bicyclic) bond motifs is 1. The van der Waals surface area contributed by atoms with Crippen LogP contribution in [-0.4, -0.2) is 44.2 Å². The second-order valence-corrected chi connectivity index (χ2v) is 9.57. The number of anilines is 1. The summed E-state index contributed by atoms with van der Waals surface area (Å²) < 4.78 is 33.1. The average molecular weight is 435 g/mol. The maximum absolute atomic E-state index is 12.8. The Kier molecular flexibility index (Phi) is 4.79. The molecule has 1 atom stereocenters. The van der Waals surface area contributed by atoms with Crippen LogP contribution in [0.15, 0.2) is 34.5 Å². The monoisotopic (exact) mass is 435 g/mol. The van der Waals surface area contributed by atoms with E-state index in [4.69, 9.17) is 4.74 Å². The third-order valence-electron chi connectivity index (χ3n) is 4.85. The lowest BCUT2D eigenvalue weighted by atomic mass is 10.0. The highest BCUT2D eigenvalue weighted by Crippen LogP contribution is 2.35. The summed E-state index contributed by atoms with van der Waals surface area (Å²) >= 11 is 0.982. The molecule has 4 rings (SSSR count). The van der Waals surface area contributed by atoms with Crippen molar-refractivity contribution in [2.45, 2.75) is 29.6 Å². The first-order valence-corrected chi connectivity index (χ1v) is 11.0. The van der Waals surface area contributed by atoms with Crippen LogP contribution in [0.1, 0.15) is 28.8 Å². The van der Waals surface area contributed by atoms with Crippen LogP contribution in [0, 0.1) is 0 Å². The molecular weight excluding hydrogens is 418 g/mol. The van der Waals surface area contributed by atoms with Gasteiger partial charge in [-0.3, -0.25) is 24.4 Å². The van der Waals surface area contributed by atoms with E-state index in [1.165, 1.54) is 18.1 Å². The van der Waals surface area contributed by atoms with Gasteiger partial charge in [0.05, 0.1) is 12.8 Å². The molecule has 9 nitrogen and oxygen atoms in total. The van der Waals surface area contributed by atoms with Crippen LogP contribution >= 0.6 is 11.3 Å². The highest BCUT2D eigenvalue weighted by atomic mass is 32.2. The fourth-order valence-electron chi connectivity index (χ4n) is 3.43. The van der Waals surface area contributed by atoms with Crippen molar-refractivity contribution in [3.8, 4) is 5.06 Å². The van der Waals surface area contributed by atoms with Gasteiger partial charge in [0.1, 0.15) is 10.3 Å². The number of imide groups is 1. The van der Waals surface area contributed by atoms with Crippen LogP contribution in [0.4, 0.5) is 5.69 Å². The molecule has 1 saturated heterocycles. The Morgan fingerprint density at radius 1 is 1.21 bits per heavy atom. The molecule has 2 N–H and O–H groups in total. The number of thiophene rings is 1. The number of carbonyl (C=O) groups is 3. The van der Waals surface area contributed by atoms with Gasteiger partial charge in [0.2, 0.25) is 11.8 Å². The van der Waals surface area contributed by atoms with E-state index >= 15 is 0 Å². The molecule has 1 unspecified atom stereocenters. The zero-order valence-electron chi connectivity index (χ0n) is 15.3. The van der Waals surface area contributed by atoms with E-state index in [9.17, 15) is 22.8 Å². The van der Waals surface area contributed by atoms with Gasteiger partial charge in [0.25, 0.3) is 15.9 Å². The van der Waals surface area contributed by atoms with Crippen molar-refractivity contribution in [1.29, 1.82) is 0 Å². The molecule has 3 heterocycles. The minimum atomic E-state index is -3.87. The number of methoxy groups -OCH3 is 1. The first-order valence-electron chi connectivity index (χ1n) is 8.73. The Morgan fingerprint density at radius 3 is 2.69 bits per heavy atom. The molecular formula is C18H17N3O6S2. The highest BCUT2D eigenvalue weighted by Gasteiger charge is 2.40. The third-order valence-corrected chi connectivity index (χ3v) is 7.75. The van der Waals surface area contributed by atoms with Crippen molar-refractivity contribution in [3.63, 3.8) is 0 Å². The number of piperidine rings is 1. The normalized spacial score (nSPS) is 19.1. The van der Waals surface area contributed by atoms with Gasteiger partial charge in [-0.25, -0.2) is 8.42 Å². The summed E-state index contributed by atoms with van der Waals surface area (Å²) in [7, 11) is -2.41. The number of carbonyl (C=O) groups excluding carboxylic acids is 3. The smallest absolute Gasteiger partial charge is 0.271 e. The van der Waals surface area contributed by atoms with Crippen LogP contribution < -0.4 is 14.8 Å². The predicted molar refractivity (Wildman–Crippen MR) is 104 cm³/mol. The number of hydrogen-bond acceptors (Lipinski definition) is 7. The SMILES string of the molecule is COc1ccc(S(=O)(=O)Nc2cccc3c2CN(C2CCC(=O)NC2=O)C3=O)s1. The van der Waals surface area contributed by atoms with E-state index in [2.05, 4.69) is 10.0 Å². The van der Waals surface area contributed by atoms with Gasteiger partial charge in [-0.2, -0.15) is 0 Å². The molecule has 1 aromatic carbocycles. The number of nitrogens with zero attached hydrogens (tertiary/aromatic N) is 1. The van der Waals surface area contributed by atoms with E-state index in [-0.39, 0.29) is 41.1 Å². The number of ether oxygens (including phenoxy) is 1. The zero-order valence-corrected chi connectivity index (χ0v) is 16.9. The maximum atomic E-state index is 12.8. The lowest BCUT2D eigenvalue weighted by molar-refractivity contribution is -0.136. The lowest BCUT2D eigenvalue weighted by Crippen LogP contribution is -2.52. The molecule has 0 radical (unpaired) electrons. The molecule has 0 spiro atoms. The Balaban J connectivity index is 1.62. The minimum absolute atomic E-state index is 0.0763. The molecule has 152 valence electrons. The van der Waals surface area contributed by atoms with Crippen LogP contribution in [0.3, 0.4) is 0 Å². The first-order chi connectivity index (χ1) is 13.8. The van der Waals surface area contributed by atoms with Gasteiger partial charge in [-0.15, -0.1) is 0 Å².